The van der Waals surface area contributed by atoms with Gasteiger partial charge in [0.15, 0.2) is 11.8 Å². The van der Waals surface area contributed by atoms with Crippen molar-refractivity contribution in [2.75, 3.05) is 0 Å². The second-order valence-electron chi connectivity index (χ2n) is 5.40. The Balaban J connectivity index is 2.26. The Kier molecular flexibility index (Phi) is 3.74. The summed E-state index contributed by atoms with van der Waals surface area (Å²) in [6, 6.07) is 8.23. The summed E-state index contributed by atoms with van der Waals surface area (Å²) in [4.78, 5) is 30.9. The number of carbonyl (C=O) groups excluding carboxylic acids is 1. The van der Waals surface area contributed by atoms with E-state index in [9.17, 15) is 14.9 Å². The Morgan fingerprint density at radius 1 is 1.12 bits per heavy atom. The number of nitro benzene ring substituents is 1. The highest BCUT2D eigenvalue weighted by molar-refractivity contribution is 6.33. The van der Waals surface area contributed by atoms with Crippen molar-refractivity contribution in [3.05, 3.63) is 63.6 Å². The quantitative estimate of drug-likeness (QED) is 0.309. The fourth-order valence-corrected chi connectivity index (χ4v) is 2.99. The first kappa shape index (κ1) is 16.0. The van der Waals surface area contributed by atoms with Crippen molar-refractivity contribution in [2.24, 2.45) is 0 Å². The first-order chi connectivity index (χ1) is 12.6. The van der Waals surface area contributed by atoms with Gasteiger partial charge in [0, 0.05) is 22.0 Å². The van der Waals surface area contributed by atoms with E-state index in [4.69, 9.17) is 11.6 Å². The molecule has 0 spiro atoms. The van der Waals surface area contributed by atoms with Gasteiger partial charge in [-0.3, -0.25) is 19.9 Å². The van der Waals surface area contributed by atoms with Crippen molar-refractivity contribution >= 4 is 45.4 Å². The van der Waals surface area contributed by atoms with Crippen LogP contribution in [0.3, 0.4) is 0 Å². The molecule has 4 rings (SSSR count). The number of rotatable bonds is 3. The predicted molar refractivity (Wildman–Crippen MR) is 95.1 cm³/mol. The third-order valence-electron chi connectivity index (χ3n) is 3.90. The van der Waals surface area contributed by atoms with Gasteiger partial charge in [-0.1, -0.05) is 29.8 Å². The van der Waals surface area contributed by atoms with Crippen LogP contribution in [-0.2, 0) is 0 Å². The smallest absolute Gasteiger partial charge is 0.296 e. The maximum Gasteiger partial charge on any atom is 0.298 e. The van der Waals surface area contributed by atoms with Crippen LogP contribution in [0.25, 0.3) is 33.1 Å². The molecule has 126 valence electrons. The third-order valence-corrected chi connectivity index (χ3v) is 4.23. The molecule has 0 bridgehead atoms. The number of nitrogens with zero attached hydrogens (tertiary/aromatic N) is 5. The highest BCUT2D eigenvalue weighted by Gasteiger charge is 2.21. The maximum atomic E-state index is 11.5. The summed E-state index contributed by atoms with van der Waals surface area (Å²) in [5.41, 5.74) is 1.21. The molecule has 0 atom stereocenters. The summed E-state index contributed by atoms with van der Waals surface area (Å²) >= 11 is 6.29. The lowest BCUT2D eigenvalue weighted by molar-refractivity contribution is -0.383. The lowest BCUT2D eigenvalue weighted by Gasteiger charge is -2.05. The molecular formula is C17H8ClN5O3. The molecule has 0 amide bonds. The number of aldehydes is 1. The fourth-order valence-electron chi connectivity index (χ4n) is 2.76. The maximum absolute atomic E-state index is 11.5. The Hall–Kier alpha value is -3.52. The molecule has 2 aromatic carbocycles. The molecule has 0 unspecified atom stereocenters. The number of non-ortho nitro benzene ring substituents is 1. The molecule has 26 heavy (non-hydrogen) atoms. The second-order valence-corrected chi connectivity index (χ2v) is 5.80. The number of carbonyl (C=O) groups is 1. The van der Waals surface area contributed by atoms with Crippen molar-refractivity contribution in [2.45, 2.75) is 0 Å². The molecule has 8 nitrogen and oxygen atoms in total. The highest BCUT2D eigenvalue weighted by atomic mass is 35.5. The molecule has 0 aliphatic carbocycles. The summed E-state index contributed by atoms with van der Waals surface area (Å²) in [7, 11) is 0. The molecule has 0 N–H and O–H groups in total. The largest absolute Gasteiger partial charge is 0.298 e. The van der Waals surface area contributed by atoms with E-state index in [-0.39, 0.29) is 16.9 Å². The normalized spacial score (nSPS) is 11.0. The molecule has 4 aromatic rings. The second kappa shape index (κ2) is 6.08. The minimum absolute atomic E-state index is 0.0689. The van der Waals surface area contributed by atoms with Crippen molar-refractivity contribution < 1.29 is 9.72 Å². The zero-order valence-electron chi connectivity index (χ0n) is 13.0. The van der Waals surface area contributed by atoms with Gasteiger partial charge in [0.05, 0.1) is 33.9 Å². The fraction of sp³-hybridized carbons (Fsp3) is 0. The van der Waals surface area contributed by atoms with Gasteiger partial charge in [0.2, 0.25) is 0 Å². The zero-order valence-corrected chi connectivity index (χ0v) is 13.7. The molecule has 2 heterocycles. The molecule has 0 saturated carbocycles. The minimum atomic E-state index is -0.541. The molecule has 0 radical (unpaired) electrons. The van der Waals surface area contributed by atoms with Crippen molar-refractivity contribution in [1.29, 1.82) is 0 Å². The third kappa shape index (κ3) is 2.44. The van der Waals surface area contributed by atoms with Crippen LogP contribution in [0.1, 0.15) is 10.5 Å². The minimum Gasteiger partial charge on any atom is -0.296 e. The van der Waals surface area contributed by atoms with Gasteiger partial charge in [-0.15, -0.1) is 5.10 Å². The van der Waals surface area contributed by atoms with Crippen LogP contribution in [0, 0.1) is 10.1 Å². The Bertz CT molecular complexity index is 1210. The van der Waals surface area contributed by atoms with Gasteiger partial charge < -0.3 is 0 Å². The van der Waals surface area contributed by atoms with E-state index in [1.807, 2.05) is 0 Å². The van der Waals surface area contributed by atoms with Crippen LogP contribution < -0.4 is 0 Å². The number of halogens is 1. The topological polar surface area (TPSA) is 112 Å². The van der Waals surface area contributed by atoms with Gasteiger partial charge in [0.1, 0.15) is 5.69 Å². The summed E-state index contributed by atoms with van der Waals surface area (Å²) in [6.45, 7) is 0. The lowest BCUT2D eigenvalue weighted by Crippen LogP contribution is -1.92. The highest BCUT2D eigenvalue weighted by Crippen LogP contribution is 2.36. The first-order valence-electron chi connectivity index (χ1n) is 7.39. The number of nitro groups is 1. The number of hydrogen-bond acceptors (Lipinski definition) is 7. The molecule has 0 saturated heterocycles. The van der Waals surface area contributed by atoms with Crippen molar-refractivity contribution in [3.63, 3.8) is 0 Å². The van der Waals surface area contributed by atoms with E-state index < -0.39 is 4.92 Å². The number of hydrogen-bond donors (Lipinski definition) is 0. The van der Waals surface area contributed by atoms with E-state index in [1.165, 1.54) is 18.5 Å². The van der Waals surface area contributed by atoms with E-state index in [0.29, 0.717) is 38.9 Å². The Labute approximate surface area is 150 Å². The average Bonchev–Trinajstić information content (AvgIpc) is 3.04. The average molecular weight is 366 g/mol. The van der Waals surface area contributed by atoms with Crippen LogP contribution in [0.4, 0.5) is 5.69 Å². The van der Waals surface area contributed by atoms with Gasteiger partial charge in [0.25, 0.3) is 5.69 Å². The molecule has 0 aliphatic heterocycles. The lowest BCUT2D eigenvalue weighted by atomic mass is 10.0. The van der Waals surface area contributed by atoms with Gasteiger partial charge in [-0.2, -0.15) is 5.10 Å². The van der Waals surface area contributed by atoms with E-state index in [0.717, 1.165) is 0 Å². The van der Waals surface area contributed by atoms with Crippen LogP contribution in [0.2, 0.25) is 5.02 Å². The van der Waals surface area contributed by atoms with Crippen LogP contribution in [0.15, 0.2) is 42.7 Å². The zero-order chi connectivity index (χ0) is 18.3. The molecule has 2 aromatic heterocycles. The number of fused-ring (bicyclic) bond motifs is 3. The SMILES string of the molecule is O=Cc1cnc2c(cc([N+](=O)[O-])c3nncc32)c(-c2ccccc2Cl)n1. The van der Waals surface area contributed by atoms with Crippen LogP contribution in [0.5, 0.6) is 0 Å². The van der Waals surface area contributed by atoms with E-state index >= 15 is 0 Å². The van der Waals surface area contributed by atoms with Crippen LogP contribution in [-0.4, -0.2) is 31.4 Å². The van der Waals surface area contributed by atoms with E-state index in [2.05, 4.69) is 20.2 Å². The standard InChI is InChI=1S/C17H8ClN5O3/c18-13-4-2-1-3-10(13)16-11-5-14(23(25)26)17-12(7-20-22-17)15(11)19-6-9(8-24)21-16/h1-8H. The number of benzene rings is 2. The molecular weight excluding hydrogens is 358 g/mol. The monoisotopic (exact) mass is 365 g/mol. The molecule has 0 aliphatic rings. The number of aromatic nitrogens is 4. The van der Waals surface area contributed by atoms with Crippen molar-refractivity contribution in [3.8, 4) is 11.3 Å². The van der Waals surface area contributed by atoms with Gasteiger partial charge in [-0.05, 0) is 6.07 Å². The first-order valence-corrected chi connectivity index (χ1v) is 7.77. The van der Waals surface area contributed by atoms with E-state index in [1.54, 1.807) is 24.3 Å². The predicted octanol–water partition coefficient (Wildman–Crippen LogP) is 3.61. The summed E-state index contributed by atoms with van der Waals surface area (Å²) in [6.07, 6.45) is 3.25. The molecule has 0 fully saturated rings. The van der Waals surface area contributed by atoms with Gasteiger partial charge in [-0.25, -0.2) is 4.98 Å². The summed E-state index contributed by atoms with van der Waals surface area (Å²) < 4.78 is 0. The van der Waals surface area contributed by atoms with Crippen molar-refractivity contribution in [1.82, 2.24) is 20.2 Å². The van der Waals surface area contributed by atoms with Gasteiger partial charge >= 0.3 is 0 Å². The molecule has 9 heteroatoms. The Morgan fingerprint density at radius 2 is 1.92 bits per heavy atom. The Morgan fingerprint density at radius 3 is 2.65 bits per heavy atom. The summed E-state index contributed by atoms with van der Waals surface area (Å²) in [5, 5.41) is 20.2. The summed E-state index contributed by atoms with van der Waals surface area (Å²) in [5.74, 6) is 0. The van der Waals surface area contributed by atoms with Crippen LogP contribution >= 0.6 is 11.6 Å².